The summed E-state index contributed by atoms with van der Waals surface area (Å²) in [5.74, 6) is 1.31. The molecule has 1 aliphatic heterocycles. The van der Waals surface area contributed by atoms with E-state index in [-0.39, 0.29) is 11.8 Å². The van der Waals surface area contributed by atoms with E-state index in [4.69, 9.17) is 0 Å². The Kier molecular flexibility index (Phi) is 6.34. The van der Waals surface area contributed by atoms with Crippen molar-refractivity contribution in [2.45, 2.75) is 49.6 Å². The van der Waals surface area contributed by atoms with Crippen LogP contribution in [0.15, 0.2) is 29.4 Å². The standard InChI is InChI=1S/C18H27N3OS/c22-18(20-11-13-23-17-9-3-4-10-19-17)15-6-5-12-21(14-15)16-7-1-2-8-16/h3-4,9-10,15-16H,1-2,5-8,11-14H2,(H,20,22). The van der Waals surface area contributed by atoms with Gasteiger partial charge in [-0.05, 0) is 44.4 Å². The SMILES string of the molecule is O=C(NCCSc1ccccn1)C1CCCN(C2CCCC2)C1. The lowest BCUT2D eigenvalue weighted by Crippen LogP contribution is -2.46. The summed E-state index contributed by atoms with van der Waals surface area (Å²) >= 11 is 1.69. The first kappa shape index (κ1) is 16.8. The summed E-state index contributed by atoms with van der Waals surface area (Å²) < 4.78 is 0. The second kappa shape index (κ2) is 8.69. The lowest BCUT2D eigenvalue weighted by Gasteiger charge is -2.36. The molecule has 3 rings (SSSR count). The summed E-state index contributed by atoms with van der Waals surface area (Å²) in [5.41, 5.74) is 0. The van der Waals surface area contributed by atoms with Crippen LogP contribution in [0.4, 0.5) is 0 Å². The number of likely N-dealkylation sites (tertiary alicyclic amines) is 1. The van der Waals surface area contributed by atoms with Gasteiger partial charge in [0.25, 0.3) is 0 Å². The van der Waals surface area contributed by atoms with E-state index in [2.05, 4.69) is 15.2 Å². The molecule has 2 aliphatic rings. The third-order valence-corrected chi connectivity index (χ3v) is 5.90. The third-order valence-electron chi connectivity index (χ3n) is 4.95. The van der Waals surface area contributed by atoms with Gasteiger partial charge < -0.3 is 5.32 Å². The molecule has 126 valence electrons. The maximum absolute atomic E-state index is 12.4. The van der Waals surface area contributed by atoms with Crippen LogP contribution < -0.4 is 5.32 Å². The van der Waals surface area contributed by atoms with Crippen LogP contribution in [0.5, 0.6) is 0 Å². The molecule has 23 heavy (non-hydrogen) atoms. The van der Waals surface area contributed by atoms with Gasteiger partial charge in [-0.3, -0.25) is 9.69 Å². The van der Waals surface area contributed by atoms with E-state index in [9.17, 15) is 4.79 Å². The summed E-state index contributed by atoms with van der Waals surface area (Å²) in [4.78, 5) is 19.3. The van der Waals surface area contributed by atoms with Crippen molar-refractivity contribution in [3.8, 4) is 0 Å². The van der Waals surface area contributed by atoms with Crippen LogP contribution in [0, 0.1) is 5.92 Å². The second-order valence-corrected chi connectivity index (χ2v) is 7.70. The number of hydrogen-bond donors (Lipinski definition) is 1. The number of thioether (sulfide) groups is 1. The number of nitrogens with zero attached hydrogens (tertiary/aromatic N) is 2. The van der Waals surface area contributed by atoms with Crippen molar-refractivity contribution in [2.24, 2.45) is 5.92 Å². The van der Waals surface area contributed by atoms with Gasteiger partial charge in [-0.1, -0.05) is 18.9 Å². The molecule has 4 nitrogen and oxygen atoms in total. The lowest BCUT2D eigenvalue weighted by molar-refractivity contribution is -0.126. The predicted molar refractivity (Wildman–Crippen MR) is 94.5 cm³/mol. The van der Waals surface area contributed by atoms with E-state index in [0.717, 1.165) is 42.8 Å². The van der Waals surface area contributed by atoms with Gasteiger partial charge in [0, 0.05) is 31.1 Å². The fourth-order valence-electron chi connectivity index (χ4n) is 3.73. The minimum atomic E-state index is 0.184. The molecule has 5 heteroatoms. The number of hydrogen-bond acceptors (Lipinski definition) is 4. The highest BCUT2D eigenvalue weighted by Crippen LogP contribution is 2.28. The number of amides is 1. The molecule has 1 saturated heterocycles. The van der Waals surface area contributed by atoms with Crippen LogP contribution in [0.3, 0.4) is 0 Å². The minimum Gasteiger partial charge on any atom is -0.355 e. The summed E-state index contributed by atoms with van der Waals surface area (Å²) in [6.07, 6.45) is 9.40. The van der Waals surface area contributed by atoms with E-state index in [1.807, 2.05) is 18.2 Å². The normalized spacial score (nSPS) is 23.0. The lowest BCUT2D eigenvalue weighted by atomic mass is 9.95. The Balaban J connectivity index is 1.37. The fraction of sp³-hybridized carbons (Fsp3) is 0.667. The highest BCUT2D eigenvalue weighted by Gasteiger charge is 2.30. The maximum atomic E-state index is 12.4. The van der Waals surface area contributed by atoms with Crippen LogP contribution in [-0.2, 0) is 4.79 Å². The highest BCUT2D eigenvalue weighted by molar-refractivity contribution is 7.99. The van der Waals surface area contributed by atoms with Gasteiger partial charge in [-0.15, -0.1) is 11.8 Å². The van der Waals surface area contributed by atoms with Crippen LogP contribution in [-0.4, -0.2) is 47.2 Å². The zero-order chi connectivity index (χ0) is 15.9. The first-order valence-electron chi connectivity index (χ1n) is 8.88. The smallest absolute Gasteiger partial charge is 0.224 e. The van der Waals surface area contributed by atoms with E-state index >= 15 is 0 Å². The molecule has 1 N–H and O–H groups in total. The second-order valence-electron chi connectivity index (χ2n) is 6.58. The number of piperidine rings is 1. The van der Waals surface area contributed by atoms with E-state index in [0.29, 0.717) is 0 Å². The molecule has 1 atom stereocenters. The third kappa shape index (κ3) is 4.95. The van der Waals surface area contributed by atoms with Gasteiger partial charge in [0.1, 0.15) is 0 Å². The van der Waals surface area contributed by atoms with Crippen LogP contribution in [0.1, 0.15) is 38.5 Å². The van der Waals surface area contributed by atoms with Gasteiger partial charge in [0.15, 0.2) is 0 Å². The number of nitrogens with one attached hydrogen (secondary N) is 1. The Morgan fingerprint density at radius 3 is 2.91 bits per heavy atom. The van der Waals surface area contributed by atoms with E-state index in [1.54, 1.807) is 18.0 Å². The van der Waals surface area contributed by atoms with E-state index in [1.165, 1.54) is 32.2 Å². The molecule has 0 bridgehead atoms. The molecule has 1 aromatic heterocycles. The van der Waals surface area contributed by atoms with Crippen molar-refractivity contribution >= 4 is 17.7 Å². The summed E-state index contributed by atoms with van der Waals surface area (Å²) in [7, 11) is 0. The monoisotopic (exact) mass is 333 g/mol. The summed E-state index contributed by atoms with van der Waals surface area (Å²) in [6, 6.07) is 6.66. The zero-order valence-electron chi connectivity index (χ0n) is 13.7. The van der Waals surface area contributed by atoms with E-state index < -0.39 is 0 Å². The largest absolute Gasteiger partial charge is 0.355 e. The molecule has 1 aliphatic carbocycles. The molecular formula is C18H27N3OS. The predicted octanol–water partition coefficient (Wildman–Crippen LogP) is 2.94. The molecule has 0 radical (unpaired) electrons. The molecule has 1 aromatic rings. The number of carbonyl (C=O) groups is 1. The number of pyridine rings is 1. The Bertz CT molecular complexity index is 490. The van der Waals surface area contributed by atoms with Gasteiger partial charge in [-0.25, -0.2) is 4.98 Å². The Labute approximate surface area is 143 Å². The summed E-state index contributed by atoms with van der Waals surface area (Å²) in [5, 5.41) is 4.14. The topological polar surface area (TPSA) is 45.2 Å². The van der Waals surface area contributed by atoms with Crippen LogP contribution >= 0.6 is 11.8 Å². The molecule has 2 heterocycles. The van der Waals surface area contributed by atoms with Crippen molar-refractivity contribution in [1.29, 1.82) is 0 Å². The first-order valence-corrected chi connectivity index (χ1v) is 9.87. The van der Waals surface area contributed by atoms with Crippen molar-refractivity contribution in [1.82, 2.24) is 15.2 Å². The van der Waals surface area contributed by atoms with Gasteiger partial charge >= 0.3 is 0 Å². The minimum absolute atomic E-state index is 0.184. The molecule has 0 aromatic carbocycles. The molecule has 2 fully saturated rings. The van der Waals surface area contributed by atoms with Gasteiger partial charge in [0.05, 0.1) is 10.9 Å². The van der Waals surface area contributed by atoms with Crippen molar-refractivity contribution in [3.63, 3.8) is 0 Å². The Morgan fingerprint density at radius 2 is 2.13 bits per heavy atom. The van der Waals surface area contributed by atoms with Crippen molar-refractivity contribution in [2.75, 3.05) is 25.4 Å². The molecular weight excluding hydrogens is 306 g/mol. The number of carbonyl (C=O) groups excluding carboxylic acids is 1. The zero-order valence-corrected chi connectivity index (χ0v) is 14.6. The average molecular weight is 334 g/mol. The quantitative estimate of drug-likeness (QED) is 0.642. The van der Waals surface area contributed by atoms with Crippen molar-refractivity contribution < 1.29 is 4.79 Å². The fourth-order valence-corrected chi connectivity index (χ4v) is 4.45. The van der Waals surface area contributed by atoms with Crippen LogP contribution in [0.25, 0.3) is 0 Å². The summed E-state index contributed by atoms with van der Waals surface area (Å²) in [6.45, 7) is 2.87. The average Bonchev–Trinajstić information content (AvgIpc) is 3.14. The molecule has 1 amide bonds. The molecule has 1 unspecified atom stereocenters. The first-order chi connectivity index (χ1) is 11.3. The maximum Gasteiger partial charge on any atom is 0.224 e. The highest BCUT2D eigenvalue weighted by atomic mass is 32.2. The van der Waals surface area contributed by atoms with Crippen molar-refractivity contribution in [3.05, 3.63) is 24.4 Å². The number of rotatable bonds is 6. The van der Waals surface area contributed by atoms with Gasteiger partial charge in [0.2, 0.25) is 5.91 Å². The Morgan fingerprint density at radius 1 is 1.26 bits per heavy atom. The Hall–Kier alpha value is -1.07. The molecule has 1 saturated carbocycles. The van der Waals surface area contributed by atoms with Gasteiger partial charge in [-0.2, -0.15) is 0 Å². The number of aromatic nitrogens is 1. The molecule has 0 spiro atoms. The van der Waals surface area contributed by atoms with Crippen LogP contribution in [0.2, 0.25) is 0 Å².